The van der Waals surface area contributed by atoms with Gasteiger partial charge in [-0.3, -0.25) is 4.98 Å². The predicted molar refractivity (Wildman–Crippen MR) is 68.6 cm³/mol. The van der Waals surface area contributed by atoms with E-state index in [1.807, 2.05) is 0 Å². The van der Waals surface area contributed by atoms with Crippen molar-refractivity contribution < 1.29 is 0 Å². The number of nitrogens with zero attached hydrogens (tertiary/aromatic N) is 1. The third kappa shape index (κ3) is 1.93. The number of nitrogens with two attached hydrogens (primary N) is 1. The number of rotatable bonds is 3. The van der Waals surface area contributed by atoms with Crippen LogP contribution in [-0.2, 0) is 6.42 Å². The van der Waals surface area contributed by atoms with Gasteiger partial charge in [-0.15, -0.1) is 0 Å². The maximum atomic E-state index is 5.68. The first kappa shape index (κ1) is 11.1. The van der Waals surface area contributed by atoms with Crippen molar-refractivity contribution in [3.05, 3.63) is 41.6 Å². The predicted octanol–water partition coefficient (Wildman–Crippen LogP) is 2.86. The average Bonchev–Trinajstić information content (AvgIpc) is 2.36. The van der Waals surface area contributed by atoms with Crippen molar-refractivity contribution in [1.29, 1.82) is 0 Å². The maximum Gasteiger partial charge on any atom is 0.0737 e. The van der Waals surface area contributed by atoms with Gasteiger partial charge in [0.25, 0.3) is 0 Å². The third-order valence-electron chi connectivity index (χ3n) is 3.06. The number of fused-ring (bicyclic) bond motifs is 1. The number of para-hydroxylation sites is 1. The van der Waals surface area contributed by atoms with Crippen LogP contribution in [0.25, 0.3) is 10.9 Å². The molecule has 16 heavy (non-hydrogen) atoms. The summed E-state index contributed by atoms with van der Waals surface area (Å²) in [7, 11) is 0. The molecule has 0 aliphatic heterocycles. The van der Waals surface area contributed by atoms with E-state index in [1.54, 1.807) is 0 Å². The van der Waals surface area contributed by atoms with Crippen LogP contribution in [0.3, 0.4) is 0 Å². The molecule has 2 aromatic rings. The SMILES string of the molecule is CCc1cccc2ccc(C(C)CN)nc12. The van der Waals surface area contributed by atoms with Gasteiger partial charge >= 0.3 is 0 Å². The minimum Gasteiger partial charge on any atom is -0.330 e. The minimum atomic E-state index is 0.328. The van der Waals surface area contributed by atoms with E-state index in [1.165, 1.54) is 10.9 Å². The van der Waals surface area contributed by atoms with E-state index in [2.05, 4.69) is 44.2 Å². The van der Waals surface area contributed by atoms with Gasteiger partial charge < -0.3 is 5.73 Å². The number of hydrogen-bond donors (Lipinski definition) is 1. The normalized spacial score (nSPS) is 12.9. The van der Waals surface area contributed by atoms with Crippen LogP contribution in [0.5, 0.6) is 0 Å². The Bertz CT molecular complexity index is 491. The van der Waals surface area contributed by atoms with Gasteiger partial charge in [0.05, 0.1) is 5.52 Å². The first-order chi connectivity index (χ1) is 7.76. The molecule has 1 atom stereocenters. The minimum absolute atomic E-state index is 0.328. The van der Waals surface area contributed by atoms with Crippen molar-refractivity contribution in [3.63, 3.8) is 0 Å². The fourth-order valence-corrected chi connectivity index (χ4v) is 1.90. The van der Waals surface area contributed by atoms with Gasteiger partial charge in [-0.25, -0.2) is 0 Å². The Morgan fingerprint density at radius 3 is 2.75 bits per heavy atom. The van der Waals surface area contributed by atoms with Gasteiger partial charge in [-0.05, 0) is 18.1 Å². The van der Waals surface area contributed by atoms with E-state index in [0.29, 0.717) is 12.5 Å². The van der Waals surface area contributed by atoms with Gasteiger partial charge in [0.2, 0.25) is 0 Å². The summed E-state index contributed by atoms with van der Waals surface area (Å²) in [6, 6.07) is 10.6. The first-order valence-electron chi connectivity index (χ1n) is 5.85. The monoisotopic (exact) mass is 214 g/mol. The number of pyridine rings is 1. The molecule has 2 heteroatoms. The highest BCUT2D eigenvalue weighted by Gasteiger charge is 2.07. The molecule has 1 unspecified atom stereocenters. The van der Waals surface area contributed by atoms with E-state index in [-0.39, 0.29) is 0 Å². The molecule has 1 aromatic heterocycles. The molecule has 0 aliphatic rings. The molecule has 2 N–H and O–H groups in total. The average molecular weight is 214 g/mol. The van der Waals surface area contributed by atoms with E-state index in [4.69, 9.17) is 10.7 Å². The summed E-state index contributed by atoms with van der Waals surface area (Å²) in [6.07, 6.45) is 1.02. The van der Waals surface area contributed by atoms with Gasteiger partial charge in [0, 0.05) is 23.5 Å². The number of benzene rings is 1. The Labute approximate surface area is 96.5 Å². The fraction of sp³-hybridized carbons (Fsp3) is 0.357. The second-order valence-electron chi connectivity index (χ2n) is 4.22. The summed E-state index contributed by atoms with van der Waals surface area (Å²) in [5.74, 6) is 0.328. The molecule has 1 aromatic carbocycles. The highest BCUT2D eigenvalue weighted by molar-refractivity contribution is 5.82. The highest BCUT2D eigenvalue weighted by Crippen LogP contribution is 2.20. The zero-order valence-electron chi connectivity index (χ0n) is 9.90. The lowest BCUT2D eigenvalue weighted by Gasteiger charge is -2.10. The fourth-order valence-electron chi connectivity index (χ4n) is 1.90. The van der Waals surface area contributed by atoms with Crippen LogP contribution in [0, 0.1) is 0 Å². The van der Waals surface area contributed by atoms with E-state index in [9.17, 15) is 0 Å². The molecule has 0 radical (unpaired) electrons. The van der Waals surface area contributed by atoms with E-state index < -0.39 is 0 Å². The second-order valence-corrected chi connectivity index (χ2v) is 4.22. The molecule has 2 rings (SSSR count). The topological polar surface area (TPSA) is 38.9 Å². The van der Waals surface area contributed by atoms with Crippen LogP contribution in [0.15, 0.2) is 30.3 Å². The molecule has 0 bridgehead atoms. The quantitative estimate of drug-likeness (QED) is 0.853. The third-order valence-corrected chi connectivity index (χ3v) is 3.06. The number of aryl methyl sites for hydroxylation is 1. The molecule has 0 saturated carbocycles. The van der Waals surface area contributed by atoms with Gasteiger partial charge in [0.15, 0.2) is 0 Å². The summed E-state index contributed by atoms with van der Waals surface area (Å²) >= 11 is 0. The molecule has 2 nitrogen and oxygen atoms in total. The van der Waals surface area contributed by atoms with Crippen molar-refractivity contribution in [2.45, 2.75) is 26.2 Å². The summed E-state index contributed by atoms with van der Waals surface area (Å²) in [6.45, 7) is 4.92. The number of hydrogen-bond acceptors (Lipinski definition) is 2. The summed E-state index contributed by atoms with van der Waals surface area (Å²) in [5.41, 5.74) is 9.21. The van der Waals surface area contributed by atoms with Crippen LogP contribution >= 0.6 is 0 Å². The van der Waals surface area contributed by atoms with Crippen molar-refractivity contribution in [1.82, 2.24) is 4.98 Å². The van der Waals surface area contributed by atoms with Crippen molar-refractivity contribution >= 4 is 10.9 Å². The zero-order valence-corrected chi connectivity index (χ0v) is 9.90. The smallest absolute Gasteiger partial charge is 0.0737 e. The lowest BCUT2D eigenvalue weighted by Crippen LogP contribution is -2.10. The largest absolute Gasteiger partial charge is 0.330 e. The molecule has 84 valence electrons. The Balaban J connectivity index is 2.59. The molecular weight excluding hydrogens is 196 g/mol. The Hall–Kier alpha value is -1.41. The Morgan fingerprint density at radius 2 is 2.06 bits per heavy atom. The molecule has 1 heterocycles. The van der Waals surface area contributed by atoms with E-state index in [0.717, 1.165) is 17.6 Å². The van der Waals surface area contributed by atoms with Crippen LogP contribution in [0.1, 0.15) is 31.0 Å². The standard InChI is InChI=1S/C14H18N2/c1-3-11-5-4-6-12-7-8-13(10(2)9-15)16-14(11)12/h4-8,10H,3,9,15H2,1-2H3. The Morgan fingerprint density at radius 1 is 1.25 bits per heavy atom. The van der Waals surface area contributed by atoms with Crippen LogP contribution in [0.2, 0.25) is 0 Å². The highest BCUT2D eigenvalue weighted by atomic mass is 14.7. The summed E-state index contributed by atoms with van der Waals surface area (Å²) in [4.78, 5) is 4.74. The molecule has 0 saturated heterocycles. The van der Waals surface area contributed by atoms with Crippen molar-refractivity contribution in [2.75, 3.05) is 6.54 Å². The van der Waals surface area contributed by atoms with Gasteiger partial charge in [0.1, 0.15) is 0 Å². The Kier molecular flexibility index (Phi) is 3.20. The van der Waals surface area contributed by atoms with Crippen molar-refractivity contribution in [3.8, 4) is 0 Å². The zero-order chi connectivity index (χ0) is 11.5. The van der Waals surface area contributed by atoms with Crippen LogP contribution in [0.4, 0.5) is 0 Å². The maximum absolute atomic E-state index is 5.68. The molecule has 0 amide bonds. The molecule has 0 spiro atoms. The first-order valence-corrected chi connectivity index (χ1v) is 5.85. The number of aromatic nitrogens is 1. The molecule has 0 aliphatic carbocycles. The van der Waals surface area contributed by atoms with Gasteiger partial charge in [-0.1, -0.05) is 38.1 Å². The van der Waals surface area contributed by atoms with Crippen LogP contribution < -0.4 is 5.73 Å². The van der Waals surface area contributed by atoms with E-state index >= 15 is 0 Å². The molecule has 0 fully saturated rings. The van der Waals surface area contributed by atoms with Crippen molar-refractivity contribution in [2.24, 2.45) is 5.73 Å². The molecular formula is C14H18N2. The summed E-state index contributed by atoms with van der Waals surface area (Å²) < 4.78 is 0. The summed E-state index contributed by atoms with van der Waals surface area (Å²) in [5, 5.41) is 1.22. The van der Waals surface area contributed by atoms with Crippen LogP contribution in [-0.4, -0.2) is 11.5 Å². The lowest BCUT2D eigenvalue weighted by molar-refractivity contribution is 0.749. The lowest BCUT2D eigenvalue weighted by atomic mass is 10.0. The second kappa shape index (κ2) is 4.62. The van der Waals surface area contributed by atoms with Gasteiger partial charge in [-0.2, -0.15) is 0 Å².